The van der Waals surface area contributed by atoms with Crippen LogP contribution in [0.5, 0.6) is 0 Å². The number of benzene rings is 1. The van der Waals surface area contributed by atoms with Gasteiger partial charge in [0, 0.05) is 0 Å². The molecule has 1 aromatic carbocycles. The number of nitrogens with zero attached hydrogens (tertiary/aromatic N) is 4. The van der Waals surface area contributed by atoms with Gasteiger partial charge in [-0.1, -0.05) is 16.7 Å². The molecule has 1 heterocycles. The lowest BCUT2D eigenvalue weighted by Crippen LogP contribution is -2.21. The first kappa shape index (κ1) is 13.5. The lowest BCUT2D eigenvalue weighted by atomic mass is 10.1. The summed E-state index contributed by atoms with van der Waals surface area (Å²) in [5, 5.41) is 24.8. The molecule has 0 saturated carbocycles. The topological polar surface area (TPSA) is 122 Å². The molecular formula is C11H12N6O3. The molecule has 0 spiro atoms. The number of carbonyl (C=O) groups excluding carboxylic acids is 1. The van der Waals surface area contributed by atoms with Crippen molar-refractivity contribution in [2.24, 2.45) is 7.05 Å². The average molecular weight is 276 g/mol. The number of aromatic nitrogens is 4. The predicted molar refractivity (Wildman–Crippen MR) is 69.6 cm³/mol. The summed E-state index contributed by atoms with van der Waals surface area (Å²) in [5.74, 6) is -1.10. The first-order chi connectivity index (χ1) is 9.45. The van der Waals surface area contributed by atoms with Gasteiger partial charge in [0.15, 0.2) is 0 Å². The van der Waals surface area contributed by atoms with Crippen LogP contribution in [0, 0.1) is 6.92 Å². The van der Waals surface area contributed by atoms with E-state index >= 15 is 0 Å². The van der Waals surface area contributed by atoms with Crippen molar-refractivity contribution in [1.82, 2.24) is 20.2 Å². The third-order valence-corrected chi connectivity index (χ3v) is 2.39. The highest BCUT2D eigenvalue weighted by Crippen LogP contribution is 2.17. The molecule has 0 atom stereocenters. The normalized spacial score (nSPS) is 10.1. The van der Waals surface area contributed by atoms with Crippen LogP contribution >= 0.6 is 0 Å². The van der Waals surface area contributed by atoms with Crippen LogP contribution in [0.2, 0.25) is 0 Å². The number of urea groups is 1. The highest BCUT2D eigenvalue weighted by Gasteiger charge is 2.13. The maximum absolute atomic E-state index is 11.7. The van der Waals surface area contributed by atoms with Crippen molar-refractivity contribution in [1.29, 1.82) is 0 Å². The fourth-order valence-electron chi connectivity index (χ4n) is 1.53. The monoisotopic (exact) mass is 276 g/mol. The molecule has 20 heavy (non-hydrogen) atoms. The molecule has 0 bridgehead atoms. The molecule has 0 fully saturated rings. The van der Waals surface area contributed by atoms with Gasteiger partial charge in [0.1, 0.15) is 0 Å². The molecule has 3 N–H and O–H groups in total. The number of aromatic carboxylic acids is 1. The minimum atomic E-state index is -1.12. The van der Waals surface area contributed by atoms with Gasteiger partial charge in [0.05, 0.1) is 18.3 Å². The molecule has 0 aliphatic carbocycles. The summed E-state index contributed by atoms with van der Waals surface area (Å²) in [6, 6.07) is 4.04. The minimum absolute atomic E-state index is 0.00672. The van der Waals surface area contributed by atoms with Crippen molar-refractivity contribution in [2.45, 2.75) is 6.92 Å². The molecule has 2 aromatic rings. The van der Waals surface area contributed by atoms with Crippen LogP contribution in [0.15, 0.2) is 18.2 Å². The Balaban J connectivity index is 2.13. The fraction of sp³-hybridized carbons (Fsp3) is 0.182. The Bertz CT molecular complexity index is 666. The van der Waals surface area contributed by atoms with Gasteiger partial charge >= 0.3 is 12.0 Å². The summed E-state index contributed by atoms with van der Waals surface area (Å²) in [6.07, 6.45) is 0. The first-order valence-corrected chi connectivity index (χ1v) is 5.61. The summed E-state index contributed by atoms with van der Waals surface area (Å²) < 4.78 is 0. The van der Waals surface area contributed by atoms with E-state index in [2.05, 4.69) is 26.0 Å². The van der Waals surface area contributed by atoms with Gasteiger partial charge in [-0.05, 0) is 24.3 Å². The van der Waals surface area contributed by atoms with Crippen LogP contribution in [0.4, 0.5) is 16.4 Å². The molecule has 1 aromatic heterocycles. The molecule has 0 aliphatic heterocycles. The van der Waals surface area contributed by atoms with Gasteiger partial charge in [-0.15, -0.1) is 5.10 Å². The van der Waals surface area contributed by atoms with Crippen molar-refractivity contribution >= 4 is 23.6 Å². The molecule has 0 radical (unpaired) electrons. The van der Waals surface area contributed by atoms with Gasteiger partial charge in [0.25, 0.3) is 5.95 Å². The average Bonchev–Trinajstić information content (AvgIpc) is 2.76. The number of anilines is 2. The third-order valence-electron chi connectivity index (χ3n) is 2.39. The Hall–Kier alpha value is -2.97. The lowest BCUT2D eigenvalue weighted by molar-refractivity contribution is 0.0698. The number of amides is 2. The van der Waals surface area contributed by atoms with Gasteiger partial charge in [-0.3, -0.25) is 5.32 Å². The predicted octanol–water partition coefficient (Wildman–Crippen LogP) is 0.861. The van der Waals surface area contributed by atoms with Gasteiger partial charge in [0.2, 0.25) is 0 Å². The number of nitrogens with one attached hydrogen (secondary N) is 2. The molecule has 104 valence electrons. The maximum atomic E-state index is 11.7. The number of carboxylic acids is 1. The van der Waals surface area contributed by atoms with E-state index in [1.807, 2.05) is 0 Å². The SMILES string of the molecule is Cc1ccc(NC(=O)Nc2nnn(C)n2)c(C(=O)O)c1. The molecule has 0 unspecified atom stereocenters. The van der Waals surface area contributed by atoms with Crippen molar-refractivity contribution < 1.29 is 14.7 Å². The van der Waals surface area contributed by atoms with Crippen LogP contribution in [0.25, 0.3) is 0 Å². The van der Waals surface area contributed by atoms with Gasteiger partial charge in [-0.25, -0.2) is 9.59 Å². The third kappa shape index (κ3) is 3.07. The lowest BCUT2D eigenvalue weighted by Gasteiger charge is -2.08. The maximum Gasteiger partial charge on any atom is 0.337 e. The fourth-order valence-corrected chi connectivity index (χ4v) is 1.53. The number of hydrogen-bond donors (Lipinski definition) is 3. The van der Waals surface area contributed by atoms with E-state index in [4.69, 9.17) is 5.11 Å². The second kappa shape index (κ2) is 5.34. The second-order valence-electron chi connectivity index (χ2n) is 4.04. The van der Waals surface area contributed by atoms with Gasteiger partial charge in [-0.2, -0.15) is 4.80 Å². The van der Waals surface area contributed by atoms with Crippen LogP contribution in [-0.2, 0) is 7.05 Å². The highest BCUT2D eigenvalue weighted by atomic mass is 16.4. The standard InChI is InChI=1S/C11H12N6O3/c1-6-3-4-8(7(5-6)9(18)19)12-11(20)13-10-14-16-17(2)15-10/h3-5H,1-2H3,(H,18,19)(H2,12,13,15,20). The van der Waals surface area contributed by atoms with Crippen LogP contribution < -0.4 is 10.6 Å². The van der Waals surface area contributed by atoms with Crippen LogP contribution in [0.1, 0.15) is 15.9 Å². The summed E-state index contributed by atoms with van der Waals surface area (Å²) in [5.41, 5.74) is 0.973. The number of tetrazole rings is 1. The molecular weight excluding hydrogens is 264 g/mol. The zero-order valence-corrected chi connectivity index (χ0v) is 10.8. The van der Waals surface area contributed by atoms with E-state index in [0.717, 1.165) is 5.56 Å². The second-order valence-corrected chi connectivity index (χ2v) is 4.04. The molecule has 0 aliphatic rings. The summed E-state index contributed by atoms with van der Waals surface area (Å²) in [7, 11) is 1.55. The molecule has 9 heteroatoms. The molecule has 2 rings (SSSR count). The van der Waals surface area contributed by atoms with Gasteiger partial charge < -0.3 is 10.4 Å². The Morgan fingerprint density at radius 3 is 2.65 bits per heavy atom. The molecule has 0 saturated heterocycles. The van der Waals surface area contributed by atoms with E-state index in [1.54, 1.807) is 20.0 Å². The quantitative estimate of drug-likeness (QED) is 0.764. The minimum Gasteiger partial charge on any atom is -0.478 e. The number of rotatable bonds is 3. The number of carbonyl (C=O) groups is 2. The summed E-state index contributed by atoms with van der Waals surface area (Å²) in [6.45, 7) is 1.76. The molecule has 2 amide bonds. The van der Waals surface area contributed by atoms with Crippen molar-refractivity contribution in [3.8, 4) is 0 Å². The van der Waals surface area contributed by atoms with Crippen molar-refractivity contribution in [3.63, 3.8) is 0 Å². The molecule has 9 nitrogen and oxygen atoms in total. The number of hydrogen-bond acceptors (Lipinski definition) is 5. The van der Waals surface area contributed by atoms with Crippen LogP contribution in [-0.4, -0.2) is 37.3 Å². The largest absolute Gasteiger partial charge is 0.478 e. The number of carboxylic acid groups (broad SMARTS) is 1. The number of aryl methyl sites for hydroxylation is 2. The van der Waals surface area contributed by atoms with E-state index in [9.17, 15) is 9.59 Å². The summed E-state index contributed by atoms with van der Waals surface area (Å²) >= 11 is 0. The van der Waals surface area contributed by atoms with E-state index < -0.39 is 12.0 Å². The Morgan fingerprint density at radius 2 is 2.05 bits per heavy atom. The van der Waals surface area contributed by atoms with E-state index in [0.29, 0.717) is 0 Å². The highest BCUT2D eigenvalue weighted by molar-refractivity contribution is 6.04. The Morgan fingerprint density at radius 1 is 1.30 bits per heavy atom. The van der Waals surface area contributed by atoms with E-state index in [1.165, 1.54) is 16.9 Å². The first-order valence-electron chi connectivity index (χ1n) is 5.61. The smallest absolute Gasteiger partial charge is 0.337 e. The Kier molecular flexibility index (Phi) is 3.60. The van der Waals surface area contributed by atoms with Crippen molar-refractivity contribution in [3.05, 3.63) is 29.3 Å². The zero-order valence-electron chi connectivity index (χ0n) is 10.8. The van der Waals surface area contributed by atoms with Crippen molar-refractivity contribution in [2.75, 3.05) is 10.6 Å². The van der Waals surface area contributed by atoms with Crippen LogP contribution in [0.3, 0.4) is 0 Å². The zero-order chi connectivity index (χ0) is 14.7. The Labute approximate surface area is 113 Å². The summed E-state index contributed by atoms with van der Waals surface area (Å²) in [4.78, 5) is 24.0. The van der Waals surface area contributed by atoms with E-state index in [-0.39, 0.29) is 17.2 Å².